The maximum absolute atomic E-state index is 13.4. The molecule has 1 fully saturated rings. The number of halogens is 1. The maximum Gasteiger partial charge on any atom is 0.127 e. The second kappa shape index (κ2) is 4.35. The highest BCUT2D eigenvalue weighted by Gasteiger charge is 2.28. The molecule has 18 heavy (non-hydrogen) atoms. The molecule has 0 radical (unpaired) electrons. The molecule has 1 N–H and O–H groups in total. The standard InChI is InChI=1S/C14H18FN3/c1-3-18-12-8-10(15)4-5-11(12)17-14(18)13-9(2)6-7-16-13/h4-5,8-9,13,16H,3,6-7H2,1-2H3. The fraction of sp³-hybridized carbons (Fsp3) is 0.500. The Morgan fingerprint density at radius 2 is 2.33 bits per heavy atom. The van der Waals surface area contributed by atoms with Gasteiger partial charge in [0.15, 0.2) is 0 Å². The molecule has 0 aliphatic carbocycles. The van der Waals surface area contributed by atoms with Crippen LogP contribution in [-0.4, -0.2) is 16.1 Å². The number of imidazole rings is 1. The van der Waals surface area contributed by atoms with Gasteiger partial charge in [-0.05, 0) is 44.0 Å². The van der Waals surface area contributed by atoms with Crippen molar-refractivity contribution in [2.45, 2.75) is 32.9 Å². The van der Waals surface area contributed by atoms with Crippen LogP contribution in [0.4, 0.5) is 4.39 Å². The smallest absolute Gasteiger partial charge is 0.127 e. The van der Waals surface area contributed by atoms with Crippen LogP contribution in [0, 0.1) is 11.7 Å². The van der Waals surface area contributed by atoms with Gasteiger partial charge in [-0.1, -0.05) is 6.92 Å². The molecule has 2 atom stereocenters. The van der Waals surface area contributed by atoms with E-state index in [0.717, 1.165) is 29.9 Å². The van der Waals surface area contributed by atoms with E-state index in [2.05, 4.69) is 23.7 Å². The zero-order valence-electron chi connectivity index (χ0n) is 10.8. The number of aromatic nitrogens is 2. The molecule has 2 heterocycles. The number of hydrogen-bond donors (Lipinski definition) is 1. The summed E-state index contributed by atoms with van der Waals surface area (Å²) < 4.78 is 15.5. The van der Waals surface area contributed by atoms with Gasteiger partial charge in [-0.3, -0.25) is 0 Å². The fourth-order valence-corrected chi connectivity index (χ4v) is 2.86. The summed E-state index contributed by atoms with van der Waals surface area (Å²) >= 11 is 0. The van der Waals surface area contributed by atoms with Gasteiger partial charge in [-0.25, -0.2) is 9.37 Å². The summed E-state index contributed by atoms with van der Waals surface area (Å²) in [6.07, 6.45) is 1.17. The van der Waals surface area contributed by atoms with E-state index in [0.29, 0.717) is 12.0 Å². The monoisotopic (exact) mass is 247 g/mol. The number of fused-ring (bicyclic) bond motifs is 1. The summed E-state index contributed by atoms with van der Waals surface area (Å²) in [5.74, 6) is 1.43. The largest absolute Gasteiger partial charge is 0.327 e. The lowest BCUT2D eigenvalue weighted by Gasteiger charge is -2.16. The molecule has 1 saturated heterocycles. The van der Waals surface area contributed by atoms with E-state index in [1.165, 1.54) is 12.5 Å². The van der Waals surface area contributed by atoms with E-state index in [4.69, 9.17) is 4.98 Å². The van der Waals surface area contributed by atoms with Gasteiger partial charge in [-0.15, -0.1) is 0 Å². The number of nitrogens with one attached hydrogen (secondary N) is 1. The Morgan fingerprint density at radius 3 is 3.00 bits per heavy atom. The van der Waals surface area contributed by atoms with E-state index in [1.54, 1.807) is 12.1 Å². The van der Waals surface area contributed by atoms with Gasteiger partial charge in [0.05, 0.1) is 17.1 Å². The Kier molecular flexibility index (Phi) is 2.82. The van der Waals surface area contributed by atoms with Crippen molar-refractivity contribution in [2.24, 2.45) is 5.92 Å². The Hall–Kier alpha value is -1.42. The van der Waals surface area contributed by atoms with Crippen LogP contribution >= 0.6 is 0 Å². The zero-order chi connectivity index (χ0) is 12.7. The number of aryl methyl sites for hydroxylation is 1. The molecule has 4 heteroatoms. The van der Waals surface area contributed by atoms with Crippen LogP contribution in [0.25, 0.3) is 11.0 Å². The van der Waals surface area contributed by atoms with E-state index >= 15 is 0 Å². The molecule has 1 aliphatic rings. The molecule has 2 aromatic rings. The fourth-order valence-electron chi connectivity index (χ4n) is 2.86. The summed E-state index contributed by atoms with van der Waals surface area (Å²) in [6.45, 7) is 6.17. The van der Waals surface area contributed by atoms with Crippen molar-refractivity contribution in [3.63, 3.8) is 0 Å². The van der Waals surface area contributed by atoms with Crippen LogP contribution in [0.3, 0.4) is 0 Å². The Bertz CT molecular complexity index is 576. The Balaban J connectivity index is 2.16. The summed E-state index contributed by atoms with van der Waals surface area (Å²) in [6, 6.07) is 5.11. The van der Waals surface area contributed by atoms with Gasteiger partial charge in [0.25, 0.3) is 0 Å². The summed E-state index contributed by atoms with van der Waals surface area (Å²) in [5.41, 5.74) is 1.78. The first-order valence-electron chi connectivity index (χ1n) is 6.59. The van der Waals surface area contributed by atoms with Gasteiger partial charge in [0, 0.05) is 6.54 Å². The second-order valence-electron chi connectivity index (χ2n) is 5.05. The first-order chi connectivity index (χ1) is 8.70. The SMILES string of the molecule is CCn1c(C2NCCC2C)nc2ccc(F)cc21. The van der Waals surface area contributed by atoms with Crippen molar-refractivity contribution < 1.29 is 4.39 Å². The van der Waals surface area contributed by atoms with Crippen LogP contribution in [0.2, 0.25) is 0 Å². The average Bonchev–Trinajstić information content (AvgIpc) is 2.91. The molecular formula is C14H18FN3. The zero-order valence-corrected chi connectivity index (χ0v) is 10.8. The van der Waals surface area contributed by atoms with Crippen LogP contribution in [0.5, 0.6) is 0 Å². The molecule has 0 spiro atoms. The molecule has 2 unspecified atom stereocenters. The van der Waals surface area contributed by atoms with Crippen molar-refractivity contribution >= 4 is 11.0 Å². The molecule has 96 valence electrons. The Morgan fingerprint density at radius 1 is 1.50 bits per heavy atom. The van der Waals surface area contributed by atoms with Crippen molar-refractivity contribution in [3.8, 4) is 0 Å². The third-order valence-electron chi connectivity index (χ3n) is 3.87. The van der Waals surface area contributed by atoms with Gasteiger partial charge in [-0.2, -0.15) is 0 Å². The number of benzene rings is 1. The lowest BCUT2D eigenvalue weighted by atomic mass is 10.0. The number of hydrogen-bond acceptors (Lipinski definition) is 2. The van der Waals surface area contributed by atoms with Crippen LogP contribution in [0.15, 0.2) is 18.2 Å². The van der Waals surface area contributed by atoms with Crippen LogP contribution < -0.4 is 5.32 Å². The third-order valence-corrected chi connectivity index (χ3v) is 3.87. The first kappa shape index (κ1) is 11.7. The van der Waals surface area contributed by atoms with Crippen molar-refractivity contribution in [1.29, 1.82) is 0 Å². The van der Waals surface area contributed by atoms with E-state index < -0.39 is 0 Å². The minimum absolute atomic E-state index is 0.198. The highest BCUT2D eigenvalue weighted by Crippen LogP contribution is 2.31. The van der Waals surface area contributed by atoms with Crippen molar-refractivity contribution in [2.75, 3.05) is 6.54 Å². The quantitative estimate of drug-likeness (QED) is 0.884. The predicted molar refractivity (Wildman–Crippen MR) is 69.9 cm³/mol. The highest BCUT2D eigenvalue weighted by atomic mass is 19.1. The average molecular weight is 247 g/mol. The van der Waals surface area contributed by atoms with Crippen molar-refractivity contribution in [3.05, 3.63) is 29.8 Å². The summed E-state index contributed by atoms with van der Waals surface area (Å²) in [5, 5.41) is 3.50. The van der Waals surface area contributed by atoms with Gasteiger partial charge >= 0.3 is 0 Å². The number of nitrogens with zero attached hydrogens (tertiary/aromatic N) is 2. The predicted octanol–water partition coefficient (Wildman–Crippen LogP) is 2.87. The molecule has 3 nitrogen and oxygen atoms in total. The van der Waals surface area contributed by atoms with E-state index in [-0.39, 0.29) is 5.82 Å². The Labute approximate surface area is 106 Å². The van der Waals surface area contributed by atoms with Crippen LogP contribution in [-0.2, 0) is 6.54 Å². The minimum Gasteiger partial charge on any atom is -0.327 e. The molecule has 1 aromatic carbocycles. The minimum atomic E-state index is -0.198. The van der Waals surface area contributed by atoms with Crippen molar-refractivity contribution in [1.82, 2.24) is 14.9 Å². The molecule has 0 amide bonds. The highest BCUT2D eigenvalue weighted by molar-refractivity contribution is 5.76. The molecule has 0 saturated carbocycles. The van der Waals surface area contributed by atoms with Gasteiger partial charge < -0.3 is 9.88 Å². The van der Waals surface area contributed by atoms with Gasteiger partial charge in [0.1, 0.15) is 11.6 Å². The summed E-state index contributed by atoms with van der Waals surface area (Å²) in [4.78, 5) is 4.69. The molecule has 0 bridgehead atoms. The maximum atomic E-state index is 13.4. The second-order valence-corrected chi connectivity index (χ2v) is 5.05. The molecule has 1 aliphatic heterocycles. The first-order valence-corrected chi connectivity index (χ1v) is 6.59. The summed E-state index contributed by atoms with van der Waals surface area (Å²) in [7, 11) is 0. The van der Waals surface area contributed by atoms with Gasteiger partial charge in [0.2, 0.25) is 0 Å². The van der Waals surface area contributed by atoms with E-state index in [9.17, 15) is 4.39 Å². The third kappa shape index (κ3) is 1.72. The lowest BCUT2D eigenvalue weighted by Crippen LogP contribution is -2.21. The van der Waals surface area contributed by atoms with E-state index in [1.807, 2.05) is 0 Å². The molecular weight excluding hydrogens is 229 g/mol. The molecule has 3 rings (SSSR count). The normalized spacial score (nSPS) is 23.9. The van der Waals surface area contributed by atoms with Crippen LogP contribution in [0.1, 0.15) is 32.1 Å². The number of rotatable bonds is 2. The molecule has 1 aromatic heterocycles. The topological polar surface area (TPSA) is 29.9 Å². The lowest BCUT2D eigenvalue weighted by molar-refractivity contribution is 0.462.